The summed E-state index contributed by atoms with van der Waals surface area (Å²) in [5, 5.41) is 3.14. The summed E-state index contributed by atoms with van der Waals surface area (Å²) in [6.45, 7) is 6.85. The van der Waals surface area contributed by atoms with Crippen molar-refractivity contribution >= 4 is 18.3 Å². The first-order chi connectivity index (χ1) is 10.1. The smallest absolute Gasteiger partial charge is 0.151 e. The van der Waals surface area contributed by atoms with Crippen LogP contribution in [-0.4, -0.2) is 36.9 Å². The van der Waals surface area contributed by atoms with Crippen molar-refractivity contribution in [3.8, 4) is 0 Å². The van der Waals surface area contributed by atoms with E-state index in [0.717, 1.165) is 36.4 Å². The molecule has 0 saturated heterocycles. The number of nitrogens with one attached hydrogen (secondary N) is 2. The van der Waals surface area contributed by atoms with Crippen LogP contribution in [0.15, 0.2) is 28.3 Å². The van der Waals surface area contributed by atoms with Crippen LogP contribution in [0.4, 0.5) is 0 Å². The molecule has 0 spiro atoms. The zero-order valence-corrected chi connectivity index (χ0v) is 13.2. The van der Waals surface area contributed by atoms with Gasteiger partial charge in [0.05, 0.1) is 11.4 Å². The molecule has 0 aliphatic rings. The minimum Gasteiger partial charge on any atom is -0.357 e. The Kier molecular flexibility index (Phi) is 7.32. The minimum atomic E-state index is 0.452. The van der Waals surface area contributed by atoms with Gasteiger partial charge in [-0.15, -0.1) is 0 Å². The monoisotopic (exact) mass is 288 g/mol. The topological polar surface area (TPSA) is 69.6 Å². The van der Waals surface area contributed by atoms with Gasteiger partial charge in [0.1, 0.15) is 6.34 Å². The number of hydrogen-bond donors (Lipinski definition) is 2. The number of carbonyl (C=O) groups excluding carboxylic acids is 1. The molecule has 1 atom stereocenters. The number of aldehydes is 1. The van der Waals surface area contributed by atoms with Crippen LogP contribution in [0.5, 0.6) is 0 Å². The molecule has 1 aromatic heterocycles. The van der Waals surface area contributed by atoms with Crippen molar-refractivity contribution in [1.82, 2.24) is 10.3 Å². The number of hydrogen-bond acceptors (Lipinski definition) is 3. The molecule has 0 aliphatic carbocycles. The standard InChI is InChI=1S/C16H24N4O/c1-5-6-18-11-19-13(3)15-8-14(10-21)16(20-15)7-12(2)9-17-4/h5-6,8,10-12,17,20H,7,9H2,1-4H3/b6-5-,18-11?,19-13?. The lowest BCUT2D eigenvalue weighted by molar-refractivity contribution is 0.112. The first-order valence-corrected chi connectivity index (χ1v) is 7.11. The maximum Gasteiger partial charge on any atom is 0.151 e. The zero-order valence-electron chi connectivity index (χ0n) is 13.2. The van der Waals surface area contributed by atoms with Crippen LogP contribution in [0.3, 0.4) is 0 Å². The van der Waals surface area contributed by atoms with Gasteiger partial charge in [-0.25, -0.2) is 9.98 Å². The van der Waals surface area contributed by atoms with Crippen molar-refractivity contribution in [2.24, 2.45) is 15.9 Å². The third-order valence-electron chi connectivity index (χ3n) is 3.11. The molecule has 0 radical (unpaired) electrons. The molecule has 0 aliphatic heterocycles. The molecule has 5 heteroatoms. The number of allylic oxidation sites excluding steroid dienone is 1. The predicted octanol–water partition coefficient (Wildman–Crippen LogP) is 2.60. The molecule has 114 valence electrons. The number of carbonyl (C=O) groups is 1. The van der Waals surface area contributed by atoms with Crippen LogP contribution in [0.1, 0.15) is 42.5 Å². The fourth-order valence-electron chi connectivity index (χ4n) is 2.07. The Hall–Kier alpha value is -2.01. The average molecular weight is 288 g/mol. The van der Waals surface area contributed by atoms with E-state index in [1.807, 2.05) is 33.0 Å². The second kappa shape index (κ2) is 9.02. The van der Waals surface area contributed by atoms with Gasteiger partial charge in [-0.2, -0.15) is 0 Å². The summed E-state index contributed by atoms with van der Waals surface area (Å²) in [7, 11) is 1.93. The number of H-pyrrole nitrogens is 1. The van der Waals surface area contributed by atoms with Gasteiger partial charge in [0.15, 0.2) is 6.29 Å². The van der Waals surface area contributed by atoms with Gasteiger partial charge in [-0.1, -0.05) is 13.0 Å². The van der Waals surface area contributed by atoms with E-state index < -0.39 is 0 Å². The lowest BCUT2D eigenvalue weighted by Crippen LogP contribution is -2.18. The van der Waals surface area contributed by atoms with E-state index >= 15 is 0 Å². The molecule has 1 heterocycles. The zero-order chi connectivity index (χ0) is 15.7. The van der Waals surface area contributed by atoms with Crippen molar-refractivity contribution in [1.29, 1.82) is 0 Å². The van der Waals surface area contributed by atoms with E-state index in [2.05, 4.69) is 27.2 Å². The molecule has 0 amide bonds. The van der Waals surface area contributed by atoms with Crippen LogP contribution in [0.25, 0.3) is 0 Å². The van der Waals surface area contributed by atoms with Gasteiger partial charge < -0.3 is 10.3 Å². The number of nitrogens with zero attached hydrogens (tertiary/aromatic N) is 2. The van der Waals surface area contributed by atoms with E-state index in [0.29, 0.717) is 11.5 Å². The largest absolute Gasteiger partial charge is 0.357 e. The molecule has 1 aromatic rings. The Morgan fingerprint density at radius 1 is 1.52 bits per heavy atom. The highest BCUT2D eigenvalue weighted by Crippen LogP contribution is 2.14. The molecular formula is C16H24N4O. The third kappa shape index (κ3) is 5.47. The molecule has 0 fully saturated rings. The summed E-state index contributed by atoms with van der Waals surface area (Å²) in [4.78, 5) is 22.7. The Bertz CT molecular complexity index is 540. The number of aromatic amines is 1. The highest BCUT2D eigenvalue weighted by molar-refractivity contribution is 6.02. The van der Waals surface area contributed by atoms with Gasteiger partial charge >= 0.3 is 0 Å². The van der Waals surface area contributed by atoms with E-state index in [-0.39, 0.29) is 0 Å². The number of aromatic nitrogens is 1. The van der Waals surface area contributed by atoms with Crippen LogP contribution < -0.4 is 5.32 Å². The summed E-state index contributed by atoms with van der Waals surface area (Å²) in [5.41, 5.74) is 3.32. The van der Waals surface area contributed by atoms with E-state index in [1.165, 1.54) is 6.34 Å². The summed E-state index contributed by atoms with van der Waals surface area (Å²) < 4.78 is 0. The molecule has 2 N–H and O–H groups in total. The Morgan fingerprint density at radius 3 is 2.90 bits per heavy atom. The fourth-order valence-corrected chi connectivity index (χ4v) is 2.07. The Balaban J connectivity index is 2.90. The summed E-state index contributed by atoms with van der Waals surface area (Å²) in [5.74, 6) is 0.452. The van der Waals surface area contributed by atoms with Crippen LogP contribution in [-0.2, 0) is 6.42 Å². The van der Waals surface area contributed by atoms with Crippen molar-refractivity contribution in [2.75, 3.05) is 13.6 Å². The molecule has 0 aromatic carbocycles. The fraction of sp³-hybridized carbons (Fsp3) is 0.438. The normalized spacial score (nSPS) is 14.2. The van der Waals surface area contributed by atoms with Crippen molar-refractivity contribution in [3.05, 3.63) is 35.3 Å². The molecule has 0 saturated carbocycles. The second-order valence-corrected chi connectivity index (χ2v) is 5.06. The summed E-state index contributed by atoms with van der Waals surface area (Å²) >= 11 is 0. The van der Waals surface area contributed by atoms with Crippen molar-refractivity contribution in [2.45, 2.75) is 27.2 Å². The van der Waals surface area contributed by atoms with Crippen LogP contribution in [0, 0.1) is 5.92 Å². The van der Waals surface area contributed by atoms with Gasteiger partial charge in [-0.3, -0.25) is 4.79 Å². The number of aliphatic imine (C=N–C) groups is 2. The number of rotatable bonds is 8. The Labute approximate surface area is 126 Å². The van der Waals surface area contributed by atoms with Crippen molar-refractivity contribution < 1.29 is 4.79 Å². The molecule has 21 heavy (non-hydrogen) atoms. The van der Waals surface area contributed by atoms with E-state index in [4.69, 9.17) is 0 Å². The lowest BCUT2D eigenvalue weighted by Gasteiger charge is -2.09. The van der Waals surface area contributed by atoms with E-state index in [9.17, 15) is 4.79 Å². The first-order valence-electron chi connectivity index (χ1n) is 7.11. The third-order valence-corrected chi connectivity index (χ3v) is 3.11. The van der Waals surface area contributed by atoms with E-state index in [1.54, 1.807) is 6.20 Å². The predicted molar refractivity (Wildman–Crippen MR) is 88.5 cm³/mol. The van der Waals surface area contributed by atoms with Crippen LogP contribution in [0.2, 0.25) is 0 Å². The quantitative estimate of drug-likeness (QED) is 0.438. The SMILES string of the molecule is C/C=C\N=CN=C(C)c1cc(C=O)c(CC(C)CNC)[nH]1. The van der Waals surface area contributed by atoms with Gasteiger partial charge in [-0.05, 0) is 45.8 Å². The highest BCUT2D eigenvalue weighted by atomic mass is 16.1. The van der Waals surface area contributed by atoms with Gasteiger partial charge in [0.2, 0.25) is 0 Å². The van der Waals surface area contributed by atoms with Gasteiger partial charge in [0, 0.05) is 17.5 Å². The summed E-state index contributed by atoms with van der Waals surface area (Å²) in [6.07, 6.45) is 6.73. The average Bonchev–Trinajstić information content (AvgIpc) is 2.86. The molecular weight excluding hydrogens is 264 g/mol. The molecule has 1 rings (SSSR count). The highest BCUT2D eigenvalue weighted by Gasteiger charge is 2.12. The maximum atomic E-state index is 11.2. The van der Waals surface area contributed by atoms with Crippen LogP contribution >= 0.6 is 0 Å². The lowest BCUT2D eigenvalue weighted by atomic mass is 10.0. The molecule has 1 unspecified atom stereocenters. The van der Waals surface area contributed by atoms with Crippen molar-refractivity contribution in [3.63, 3.8) is 0 Å². The molecule has 5 nitrogen and oxygen atoms in total. The maximum absolute atomic E-state index is 11.2. The Morgan fingerprint density at radius 2 is 2.29 bits per heavy atom. The molecule has 0 bridgehead atoms. The summed E-state index contributed by atoms with van der Waals surface area (Å²) in [6, 6.07) is 1.84. The minimum absolute atomic E-state index is 0.452. The second-order valence-electron chi connectivity index (χ2n) is 5.06. The first kappa shape index (κ1) is 17.0. The van der Waals surface area contributed by atoms with Gasteiger partial charge in [0.25, 0.3) is 0 Å².